The van der Waals surface area contributed by atoms with E-state index in [0.717, 1.165) is 5.47 Å². The predicted molar refractivity (Wildman–Crippen MR) is 73.8 cm³/mol. The number of rotatable bonds is 4. The maximum absolute atomic E-state index is 3.91. The Kier molecular flexibility index (Phi) is 6.52. The normalized spacial score (nSPS) is 14.8. The zero-order valence-electron chi connectivity index (χ0n) is 10.6. The molecular weight excluding hydrogens is 179 g/mol. The Bertz CT molecular complexity index is 338. The Labute approximate surface area is 95.2 Å². The van der Waals surface area contributed by atoms with Crippen molar-refractivity contribution in [3.05, 3.63) is 59.2 Å². The van der Waals surface area contributed by atoms with Crippen molar-refractivity contribution in [2.24, 2.45) is 0 Å². The Morgan fingerprint density at radius 1 is 1.07 bits per heavy atom. The van der Waals surface area contributed by atoms with Crippen LogP contribution < -0.4 is 0 Å². The molecule has 80 valence electrons. The fraction of sp³-hybridized carbons (Fsp3) is 0.286. The van der Waals surface area contributed by atoms with Gasteiger partial charge in [0.15, 0.2) is 0 Å². The Morgan fingerprint density at radius 3 is 2.00 bits per heavy atom. The summed E-state index contributed by atoms with van der Waals surface area (Å²) in [6, 6.07) is 0. The van der Waals surface area contributed by atoms with Crippen LogP contribution in [0.2, 0.25) is 0 Å². The maximum atomic E-state index is 3.91. The van der Waals surface area contributed by atoms with Crippen LogP contribution >= 0.6 is 0 Å². The van der Waals surface area contributed by atoms with Crippen LogP contribution in [0, 0.1) is 0 Å². The molecule has 15 heavy (non-hydrogen) atoms. The van der Waals surface area contributed by atoms with Crippen molar-refractivity contribution in [3.8, 4) is 0 Å². The molecule has 0 aromatic rings. The smallest absolute Gasteiger partial charge is 0.105 e. The lowest BCUT2D eigenvalue weighted by Gasteiger charge is -2.01. The van der Waals surface area contributed by atoms with Crippen LogP contribution in [0.4, 0.5) is 0 Å². The lowest BCUT2D eigenvalue weighted by atomic mass is 9.90. The van der Waals surface area contributed by atoms with Crippen LogP contribution in [0.3, 0.4) is 0 Å². The average Bonchev–Trinajstić information content (AvgIpc) is 2.21. The summed E-state index contributed by atoms with van der Waals surface area (Å²) in [5, 5.41) is 0. The third-order valence-electron chi connectivity index (χ3n) is 2.37. The molecule has 0 saturated carbocycles. The highest BCUT2D eigenvalue weighted by Gasteiger charge is 1.92. The molecule has 0 rings (SSSR count). The first kappa shape index (κ1) is 13.8. The summed E-state index contributed by atoms with van der Waals surface area (Å²) in [4.78, 5) is 0. The molecular formula is C14H21B. The van der Waals surface area contributed by atoms with Crippen LogP contribution in [0.5, 0.6) is 0 Å². The highest BCUT2D eigenvalue weighted by Crippen LogP contribution is 2.12. The molecule has 0 radical (unpaired) electrons. The van der Waals surface area contributed by atoms with Crippen molar-refractivity contribution < 1.29 is 0 Å². The van der Waals surface area contributed by atoms with Crippen molar-refractivity contribution in [3.63, 3.8) is 0 Å². The van der Waals surface area contributed by atoms with E-state index in [4.69, 9.17) is 0 Å². The molecule has 0 saturated heterocycles. The minimum absolute atomic E-state index is 1.12. The summed E-state index contributed by atoms with van der Waals surface area (Å²) in [6.45, 7) is 12.2. The molecule has 0 unspecified atom stereocenters. The van der Waals surface area contributed by atoms with Crippen LogP contribution in [0.25, 0.3) is 0 Å². The molecule has 0 aromatic carbocycles. The monoisotopic (exact) mass is 200 g/mol. The molecule has 0 aliphatic carbocycles. The molecule has 0 bridgehead atoms. The van der Waals surface area contributed by atoms with E-state index in [-0.39, 0.29) is 0 Å². The molecule has 0 atom stereocenters. The molecule has 0 aliphatic heterocycles. The van der Waals surface area contributed by atoms with E-state index in [1.807, 2.05) is 14.8 Å². The van der Waals surface area contributed by atoms with Crippen LogP contribution in [0.15, 0.2) is 59.2 Å². The molecule has 0 nitrogen and oxygen atoms in total. The van der Waals surface area contributed by atoms with Gasteiger partial charge in [0, 0.05) is 0 Å². The van der Waals surface area contributed by atoms with Crippen molar-refractivity contribution in [2.75, 3.05) is 0 Å². The lowest BCUT2D eigenvalue weighted by Crippen LogP contribution is -1.83. The van der Waals surface area contributed by atoms with Gasteiger partial charge in [0.2, 0.25) is 0 Å². The van der Waals surface area contributed by atoms with Crippen molar-refractivity contribution in [1.29, 1.82) is 0 Å². The molecule has 0 N–H and O–H groups in total. The summed E-state index contributed by atoms with van der Waals surface area (Å²) < 4.78 is 0. The topological polar surface area (TPSA) is 0 Å². The summed E-state index contributed by atoms with van der Waals surface area (Å²) in [6.07, 6.45) is 10.6. The molecule has 0 amide bonds. The molecule has 0 heterocycles. The molecule has 0 aromatic heterocycles. The van der Waals surface area contributed by atoms with E-state index < -0.39 is 0 Å². The molecule has 1 heteroatoms. The molecule has 0 aliphatic rings. The van der Waals surface area contributed by atoms with Gasteiger partial charge in [0.05, 0.1) is 0 Å². The SMILES string of the molecule is BC(=C)/C(C)=C\C=C(/C)C(=CC)/C=C/C. The van der Waals surface area contributed by atoms with Crippen LogP contribution in [-0.2, 0) is 0 Å². The third-order valence-corrected chi connectivity index (χ3v) is 2.37. The second kappa shape index (κ2) is 7.11. The van der Waals surface area contributed by atoms with E-state index >= 15 is 0 Å². The Balaban J connectivity index is 4.85. The van der Waals surface area contributed by atoms with E-state index in [2.05, 4.69) is 57.7 Å². The van der Waals surface area contributed by atoms with Crippen molar-refractivity contribution in [2.45, 2.75) is 27.7 Å². The fourth-order valence-electron chi connectivity index (χ4n) is 1.12. The highest BCUT2D eigenvalue weighted by molar-refractivity contribution is 6.23. The summed E-state index contributed by atoms with van der Waals surface area (Å²) in [7, 11) is 2.03. The van der Waals surface area contributed by atoms with E-state index in [9.17, 15) is 0 Å². The maximum Gasteiger partial charge on any atom is 0.138 e. The highest BCUT2D eigenvalue weighted by atomic mass is 14.0. The fourth-order valence-corrected chi connectivity index (χ4v) is 1.12. The first-order chi connectivity index (χ1) is 7.02. The van der Waals surface area contributed by atoms with Crippen LogP contribution in [-0.4, -0.2) is 7.85 Å². The zero-order valence-corrected chi connectivity index (χ0v) is 10.6. The zero-order chi connectivity index (χ0) is 11.8. The van der Waals surface area contributed by atoms with E-state index in [1.54, 1.807) is 0 Å². The molecule has 0 fully saturated rings. The van der Waals surface area contributed by atoms with E-state index in [0.29, 0.717) is 0 Å². The lowest BCUT2D eigenvalue weighted by molar-refractivity contribution is 1.39. The second-order valence-corrected chi connectivity index (χ2v) is 3.72. The van der Waals surface area contributed by atoms with Gasteiger partial charge in [0.1, 0.15) is 7.85 Å². The minimum Gasteiger partial charge on any atom is -0.105 e. The Hall–Kier alpha value is -1.24. The van der Waals surface area contributed by atoms with Gasteiger partial charge in [-0.3, -0.25) is 0 Å². The quantitative estimate of drug-likeness (QED) is 0.481. The largest absolute Gasteiger partial charge is 0.138 e. The van der Waals surface area contributed by atoms with Gasteiger partial charge in [-0.1, -0.05) is 41.4 Å². The second-order valence-electron chi connectivity index (χ2n) is 3.72. The summed E-state index contributed by atoms with van der Waals surface area (Å²) >= 11 is 0. The van der Waals surface area contributed by atoms with E-state index in [1.165, 1.54) is 16.7 Å². The van der Waals surface area contributed by atoms with Gasteiger partial charge >= 0.3 is 0 Å². The third kappa shape index (κ3) is 5.26. The van der Waals surface area contributed by atoms with Gasteiger partial charge in [0.25, 0.3) is 0 Å². The first-order valence-electron chi connectivity index (χ1n) is 5.33. The van der Waals surface area contributed by atoms with Crippen molar-refractivity contribution in [1.82, 2.24) is 0 Å². The standard InChI is InChI=1S/C14H21B/c1-6-8-14(7-2)12(4)10-9-11(3)13(5)15/h6-10H,5,15H2,1-4H3/b8-6+,11-9-,12-10+,14-7?. The predicted octanol–water partition coefficient (Wildman–Crippen LogP) is 3.55. The van der Waals surface area contributed by atoms with Gasteiger partial charge in [-0.15, -0.1) is 6.58 Å². The summed E-state index contributed by atoms with van der Waals surface area (Å²) in [5.74, 6) is 0. The van der Waals surface area contributed by atoms with Gasteiger partial charge in [-0.2, -0.15) is 0 Å². The molecule has 0 spiro atoms. The number of hydrogen-bond acceptors (Lipinski definition) is 0. The number of hydrogen-bond donors (Lipinski definition) is 0. The van der Waals surface area contributed by atoms with Gasteiger partial charge in [-0.25, -0.2) is 0 Å². The van der Waals surface area contributed by atoms with Crippen molar-refractivity contribution >= 4 is 7.85 Å². The van der Waals surface area contributed by atoms with Gasteiger partial charge in [-0.05, 0) is 38.8 Å². The minimum atomic E-state index is 1.12. The number of allylic oxidation sites excluding steroid dienone is 9. The first-order valence-corrected chi connectivity index (χ1v) is 5.33. The van der Waals surface area contributed by atoms with Gasteiger partial charge < -0.3 is 0 Å². The summed E-state index contributed by atoms with van der Waals surface area (Å²) in [5.41, 5.74) is 4.89. The average molecular weight is 200 g/mol. The van der Waals surface area contributed by atoms with Crippen LogP contribution in [0.1, 0.15) is 27.7 Å². The Morgan fingerprint density at radius 2 is 1.60 bits per heavy atom.